The van der Waals surface area contributed by atoms with Crippen molar-refractivity contribution in [1.29, 1.82) is 0 Å². The van der Waals surface area contributed by atoms with E-state index in [1.165, 1.54) is 30.2 Å². The molecular weight excluding hydrogens is 419 g/mol. The number of carbonyl (C=O) groups is 1. The molecule has 0 aliphatic heterocycles. The van der Waals surface area contributed by atoms with Crippen molar-refractivity contribution in [2.75, 3.05) is 18.9 Å². The summed E-state index contributed by atoms with van der Waals surface area (Å²) in [4.78, 5) is 14.3. The third-order valence-electron chi connectivity index (χ3n) is 4.76. The second-order valence-corrected chi connectivity index (χ2v) is 8.72. The lowest BCUT2D eigenvalue weighted by Gasteiger charge is -2.19. The van der Waals surface area contributed by atoms with Gasteiger partial charge in [0.15, 0.2) is 0 Å². The topological polar surface area (TPSA) is 75.7 Å². The number of para-hydroxylation sites is 2. The molecule has 0 atom stereocenters. The summed E-state index contributed by atoms with van der Waals surface area (Å²) in [7, 11) is -0.907. The Bertz CT molecular complexity index is 1190. The van der Waals surface area contributed by atoms with Gasteiger partial charge in [-0.05, 0) is 54.4 Å². The number of sulfonamides is 1. The van der Waals surface area contributed by atoms with Gasteiger partial charge in [-0.3, -0.25) is 9.52 Å². The van der Waals surface area contributed by atoms with Crippen LogP contribution in [0.4, 0.5) is 10.1 Å². The van der Waals surface area contributed by atoms with E-state index in [0.29, 0.717) is 17.0 Å². The SMILES string of the molecule is COc1ccccc1NS(=O)(=O)c1cc(C(=O)N(C)Cc2ccc(F)cc2)ccc1C. The second-order valence-electron chi connectivity index (χ2n) is 7.07. The third-order valence-corrected chi connectivity index (χ3v) is 6.26. The smallest absolute Gasteiger partial charge is 0.262 e. The summed E-state index contributed by atoms with van der Waals surface area (Å²) in [6, 6.07) is 17.1. The first-order valence-electron chi connectivity index (χ1n) is 9.47. The van der Waals surface area contributed by atoms with E-state index >= 15 is 0 Å². The average Bonchev–Trinajstić information content (AvgIpc) is 2.75. The minimum atomic E-state index is -3.96. The molecule has 0 spiro atoms. The van der Waals surface area contributed by atoms with Crippen LogP contribution in [0.5, 0.6) is 5.75 Å². The molecule has 1 N–H and O–H groups in total. The van der Waals surface area contributed by atoms with Crippen molar-refractivity contribution < 1.29 is 22.3 Å². The summed E-state index contributed by atoms with van der Waals surface area (Å²) in [6.07, 6.45) is 0. The molecule has 3 aromatic rings. The molecule has 6 nitrogen and oxygen atoms in total. The van der Waals surface area contributed by atoms with E-state index in [2.05, 4.69) is 4.72 Å². The molecule has 3 rings (SSSR count). The third kappa shape index (κ3) is 5.21. The number of aryl methyl sites for hydroxylation is 1. The van der Waals surface area contributed by atoms with Gasteiger partial charge in [-0.2, -0.15) is 0 Å². The molecule has 0 aliphatic rings. The number of anilines is 1. The number of amides is 1. The van der Waals surface area contributed by atoms with Gasteiger partial charge in [-0.1, -0.05) is 30.3 Å². The number of methoxy groups -OCH3 is 1. The zero-order chi connectivity index (χ0) is 22.6. The highest BCUT2D eigenvalue weighted by Crippen LogP contribution is 2.27. The van der Waals surface area contributed by atoms with Gasteiger partial charge in [0.25, 0.3) is 15.9 Å². The van der Waals surface area contributed by atoms with Gasteiger partial charge in [0.05, 0.1) is 17.7 Å². The molecule has 0 fully saturated rings. The normalized spacial score (nSPS) is 11.1. The maximum atomic E-state index is 13.1. The molecule has 8 heteroatoms. The van der Waals surface area contributed by atoms with Crippen molar-refractivity contribution in [1.82, 2.24) is 4.90 Å². The van der Waals surface area contributed by atoms with Crippen molar-refractivity contribution in [3.05, 3.63) is 89.2 Å². The van der Waals surface area contributed by atoms with Gasteiger partial charge in [-0.15, -0.1) is 0 Å². The van der Waals surface area contributed by atoms with Crippen LogP contribution in [0.15, 0.2) is 71.6 Å². The predicted octanol–water partition coefficient (Wildman–Crippen LogP) is 4.22. The van der Waals surface area contributed by atoms with Gasteiger partial charge in [0.2, 0.25) is 0 Å². The monoisotopic (exact) mass is 442 g/mol. The molecule has 3 aromatic carbocycles. The standard InChI is InChI=1S/C23H23FN2O4S/c1-16-8-11-18(23(27)26(2)15-17-9-12-19(24)13-10-17)14-22(16)31(28,29)25-20-6-4-5-7-21(20)30-3/h4-14,25H,15H2,1-3H3. The number of rotatable bonds is 7. The molecule has 0 heterocycles. The van der Waals surface area contributed by atoms with E-state index in [9.17, 15) is 17.6 Å². The number of nitrogens with zero attached hydrogens (tertiary/aromatic N) is 1. The number of hydrogen-bond acceptors (Lipinski definition) is 4. The summed E-state index contributed by atoms with van der Waals surface area (Å²) in [6.45, 7) is 1.92. The first-order chi connectivity index (χ1) is 14.7. The quantitative estimate of drug-likeness (QED) is 0.595. The van der Waals surface area contributed by atoms with Crippen molar-refractivity contribution >= 4 is 21.6 Å². The first-order valence-corrected chi connectivity index (χ1v) is 11.0. The maximum Gasteiger partial charge on any atom is 0.262 e. The number of carbonyl (C=O) groups excluding carboxylic acids is 1. The first kappa shape index (κ1) is 22.3. The summed E-state index contributed by atoms with van der Waals surface area (Å²) in [5, 5.41) is 0. The van der Waals surface area contributed by atoms with Crippen LogP contribution in [0.2, 0.25) is 0 Å². The molecule has 0 bridgehead atoms. The second kappa shape index (κ2) is 9.18. The molecule has 0 saturated carbocycles. The van der Waals surface area contributed by atoms with Crippen molar-refractivity contribution in [2.24, 2.45) is 0 Å². The fourth-order valence-corrected chi connectivity index (χ4v) is 4.45. The highest BCUT2D eigenvalue weighted by Gasteiger charge is 2.22. The Kier molecular flexibility index (Phi) is 6.60. The summed E-state index contributed by atoms with van der Waals surface area (Å²) < 4.78 is 46.9. The number of nitrogens with one attached hydrogen (secondary N) is 1. The van der Waals surface area contributed by atoms with E-state index in [4.69, 9.17) is 4.74 Å². The number of benzene rings is 3. The Labute approximate surface area is 181 Å². The van der Waals surface area contributed by atoms with E-state index in [0.717, 1.165) is 5.56 Å². The summed E-state index contributed by atoms with van der Waals surface area (Å²) in [5.74, 6) is -0.318. The van der Waals surface area contributed by atoms with Crippen molar-refractivity contribution in [3.63, 3.8) is 0 Å². The molecule has 0 aliphatic carbocycles. The van der Waals surface area contributed by atoms with Crippen LogP contribution < -0.4 is 9.46 Å². The highest BCUT2D eigenvalue weighted by atomic mass is 32.2. The molecule has 0 saturated heterocycles. The maximum absolute atomic E-state index is 13.1. The zero-order valence-electron chi connectivity index (χ0n) is 17.4. The van der Waals surface area contributed by atoms with Gasteiger partial charge in [0, 0.05) is 19.2 Å². The number of hydrogen-bond donors (Lipinski definition) is 1. The van der Waals surface area contributed by atoms with Crippen LogP contribution in [0, 0.1) is 12.7 Å². The average molecular weight is 443 g/mol. The number of ether oxygens (including phenoxy) is 1. The minimum absolute atomic E-state index is 0.000520. The summed E-state index contributed by atoms with van der Waals surface area (Å²) >= 11 is 0. The molecule has 31 heavy (non-hydrogen) atoms. The van der Waals surface area contributed by atoms with E-state index < -0.39 is 10.0 Å². The molecule has 0 radical (unpaired) electrons. The van der Waals surface area contributed by atoms with Crippen LogP contribution in [0.25, 0.3) is 0 Å². The zero-order valence-corrected chi connectivity index (χ0v) is 18.2. The molecule has 162 valence electrons. The van der Waals surface area contributed by atoms with Crippen molar-refractivity contribution in [2.45, 2.75) is 18.4 Å². The van der Waals surface area contributed by atoms with Gasteiger partial charge in [0.1, 0.15) is 11.6 Å². The molecule has 0 aromatic heterocycles. The van der Waals surface area contributed by atoms with E-state index in [-0.39, 0.29) is 28.7 Å². The van der Waals surface area contributed by atoms with Crippen LogP contribution in [0.3, 0.4) is 0 Å². The van der Waals surface area contributed by atoms with E-state index in [1.54, 1.807) is 62.5 Å². The van der Waals surface area contributed by atoms with Gasteiger partial charge >= 0.3 is 0 Å². The fourth-order valence-electron chi connectivity index (χ4n) is 3.11. The molecule has 0 unspecified atom stereocenters. The lowest BCUT2D eigenvalue weighted by molar-refractivity contribution is 0.0785. The fraction of sp³-hybridized carbons (Fsp3) is 0.174. The summed E-state index contributed by atoms with van der Waals surface area (Å²) in [5.41, 5.74) is 1.79. The lowest BCUT2D eigenvalue weighted by Crippen LogP contribution is -2.26. The minimum Gasteiger partial charge on any atom is -0.495 e. The Morgan fingerprint density at radius 1 is 1.06 bits per heavy atom. The Hall–Kier alpha value is -3.39. The number of halogens is 1. The van der Waals surface area contributed by atoms with Gasteiger partial charge in [-0.25, -0.2) is 12.8 Å². The molecule has 1 amide bonds. The largest absolute Gasteiger partial charge is 0.495 e. The van der Waals surface area contributed by atoms with Crippen molar-refractivity contribution in [3.8, 4) is 5.75 Å². The Morgan fingerprint density at radius 2 is 1.74 bits per heavy atom. The van der Waals surface area contributed by atoms with Gasteiger partial charge < -0.3 is 9.64 Å². The predicted molar refractivity (Wildman–Crippen MR) is 117 cm³/mol. The van der Waals surface area contributed by atoms with Crippen LogP contribution in [-0.4, -0.2) is 33.4 Å². The van der Waals surface area contributed by atoms with Crippen LogP contribution in [0.1, 0.15) is 21.5 Å². The molecular formula is C23H23FN2O4S. The highest BCUT2D eigenvalue weighted by molar-refractivity contribution is 7.92. The lowest BCUT2D eigenvalue weighted by atomic mass is 10.1. The Morgan fingerprint density at radius 3 is 2.42 bits per heavy atom. The Balaban J connectivity index is 1.86. The van der Waals surface area contributed by atoms with E-state index in [1.807, 2.05) is 0 Å². The van der Waals surface area contributed by atoms with Crippen LogP contribution >= 0.6 is 0 Å². The van der Waals surface area contributed by atoms with Crippen LogP contribution in [-0.2, 0) is 16.6 Å².